The molecule has 1 aliphatic rings. The molecule has 24 heavy (non-hydrogen) atoms. The van der Waals surface area contributed by atoms with Crippen molar-refractivity contribution in [3.05, 3.63) is 64.0 Å². The van der Waals surface area contributed by atoms with E-state index in [1.807, 2.05) is 41.3 Å². The van der Waals surface area contributed by atoms with Crippen LogP contribution in [0.15, 0.2) is 53.3 Å². The summed E-state index contributed by atoms with van der Waals surface area (Å²) < 4.78 is 15.1. The highest BCUT2D eigenvalue weighted by Gasteiger charge is 2.25. The van der Waals surface area contributed by atoms with E-state index in [0.29, 0.717) is 29.3 Å². The van der Waals surface area contributed by atoms with Crippen LogP contribution >= 0.6 is 11.6 Å². The Hall–Kier alpha value is -2.40. The molecule has 0 radical (unpaired) electrons. The van der Waals surface area contributed by atoms with Crippen LogP contribution in [0.4, 0.5) is 10.2 Å². The van der Waals surface area contributed by atoms with Crippen molar-refractivity contribution in [3.63, 3.8) is 0 Å². The molecule has 1 atom stereocenters. The summed E-state index contributed by atoms with van der Waals surface area (Å²) in [6.45, 7) is 0.820. The van der Waals surface area contributed by atoms with E-state index < -0.39 is 11.9 Å². The smallest absolute Gasteiger partial charge is 0.353 e. The van der Waals surface area contributed by atoms with Crippen LogP contribution < -0.4 is 10.6 Å². The normalized spacial score (nSPS) is 17.6. The second-order valence-corrected chi connectivity index (χ2v) is 6.32. The number of anilines is 1. The van der Waals surface area contributed by atoms with E-state index in [0.717, 1.165) is 11.1 Å². The van der Waals surface area contributed by atoms with E-state index in [-0.39, 0.29) is 6.54 Å². The fourth-order valence-electron chi connectivity index (χ4n) is 3.16. The maximum atomic E-state index is 13.6. The summed E-state index contributed by atoms with van der Waals surface area (Å²) >= 11 is 6.16. The Morgan fingerprint density at radius 1 is 1.17 bits per heavy atom. The maximum absolute atomic E-state index is 13.6. The quantitative estimate of drug-likeness (QED) is 0.713. The van der Waals surface area contributed by atoms with Crippen molar-refractivity contribution in [2.45, 2.75) is 12.6 Å². The van der Waals surface area contributed by atoms with Gasteiger partial charge >= 0.3 is 5.69 Å². The minimum Gasteiger partial charge on any atom is -0.353 e. The van der Waals surface area contributed by atoms with E-state index in [2.05, 4.69) is 4.98 Å². The van der Waals surface area contributed by atoms with Crippen molar-refractivity contribution >= 4 is 28.3 Å². The summed E-state index contributed by atoms with van der Waals surface area (Å²) in [6, 6.07) is 14.6. The molecule has 1 unspecified atom stereocenters. The van der Waals surface area contributed by atoms with Gasteiger partial charge in [-0.05, 0) is 36.8 Å². The third kappa shape index (κ3) is 2.55. The zero-order valence-electron chi connectivity index (χ0n) is 12.8. The van der Waals surface area contributed by atoms with Crippen LogP contribution in [0.25, 0.3) is 16.6 Å². The largest absolute Gasteiger partial charge is 0.354 e. The van der Waals surface area contributed by atoms with Crippen LogP contribution in [-0.4, -0.2) is 28.8 Å². The number of aromatic nitrogens is 2. The first-order valence-electron chi connectivity index (χ1n) is 7.80. The average Bonchev–Trinajstić information content (AvgIpc) is 3.01. The number of benzene rings is 2. The first-order chi connectivity index (χ1) is 11.6. The molecule has 2 heterocycles. The Kier molecular flexibility index (Phi) is 3.73. The number of rotatable bonds is 2. The number of halogens is 2. The predicted molar refractivity (Wildman–Crippen MR) is 94.1 cm³/mol. The summed E-state index contributed by atoms with van der Waals surface area (Å²) in [4.78, 5) is 18.8. The lowest BCUT2D eigenvalue weighted by Gasteiger charge is -2.20. The van der Waals surface area contributed by atoms with Crippen molar-refractivity contribution in [1.29, 1.82) is 0 Å². The number of hydrogen-bond acceptors (Lipinski definition) is 3. The van der Waals surface area contributed by atoms with Crippen molar-refractivity contribution < 1.29 is 4.39 Å². The molecule has 6 heteroatoms. The van der Waals surface area contributed by atoms with Gasteiger partial charge in [-0.25, -0.2) is 9.18 Å². The molecule has 1 fully saturated rings. The monoisotopic (exact) mass is 343 g/mol. The number of para-hydroxylation sites is 1. The minimum absolute atomic E-state index is 0.263. The molecule has 0 bridgehead atoms. The van der Waals surface area contributed by atoms with Crippen LogP contribution in [0, 0.1) is 0 Å². The highest BCUT2D eigenvalue weighted by molar-refractivity contribution is 6.31. The van der Waals surface area contributed by atoms with Crippen molar-refractivity contribution in [1.82, 2.24) is 9.55 Å². The Bertz CT molecular complexity index is 958. The standard InChI is InChI=1S/C18H15ClFN3O/c19-12-6-7-15-16(10-12)23(14-4-2-1-3-5-14)18(24)21-17(15)22-9-8-13(20)11-22/h1-7,10,13H,8-9,11H2. The SMILES string of the molecule is O=c1nc(N2CCC(F)C2)c2ccc(Cl)cc2n1-c1ccccc1. The summed E-state index contributed by atoms with van der Waals surface area (Å²) in [7, 11) is 0. The summed E-state index contributed by atoms with van der Waals surface area (Å²) in [5, 5.41) is 1.32. The van der Waals surface area contributed by atoms with Gasteiger partial charge in [0, 0.05) is 17.0 Å². The van der Waals surface area contributed by atoms with Gasteiger partial charge in [0.2, 0.25) is 0 Å². The molecular formula is C18H15ClFN3O. The number of nitrogens with zero attached hydrogens (tertiary/aromatic N) is 3. The summed E-state index contributed by atoms with van der Waals surface area (Å²) in [6.07, 6.45) is -0.427. The molecule has 0 aliphatic carbocycles. The van der Waals surface area contributed by atoms with Crippen molar-refractivity contribution in [3.8, 4) is 5.69 Å². The lowest BCUT2D eigenvalue weighted by atomic mass is 10.2. The highest BCUT2D eigenvalue weighted by atomic mass is 35.5. The molecule has 0 spiro atoms. The molecule has 0 saturated carbocycles. The van der Waals surface area contributed by atoms with E-state index in [1.165, 1.54) is 4.57 Å². The van der Waals surface area contributed by atoms with Crippen LogP contribution in [0.2, 0.25) is 5.02 Å². The zero-order chi connectivity index (χ0) is 16.7. The Labute approximate surface area is 143 Å². The second kappa shape index (κ2) is 5.91. The summed E-state index contributed by atoms with van der Waals surface area (Å²) in [5.74, 6) is 0.527. The molecule has 1 aliphatic heterocycles. The fourth-order valence-corrected chi connectivity index (χ4v) is 3.33. The number of hydrogen-bond donors (Lipinski definition) is 0. The van der Waals surface area contributed by atoms with Crippen molar-refractivity contribution in [2.24, 2.45) is 0 Å². The number of alkyl halides is 1. The average molecular weight is 344 g/mol. The summed E-state index contributed by atoms with van der Waals surface area (Å²) in [5.41, 5.74) is 0.998. The Balaban J connectivity index is 2.00. The Morgan fingerprint density at radius 2 is 1.96 bits per heavy atom. The van der Waals surface area contributed by atoms with Gasteiger partial charge in [-0.15, -0.1) is 0 Å². The topological polar surface area (TPSA) is 38.1 Å². The second-order valence-electron chi connectivity index (χ2n) is 5.88. The van der Waals surface area contributed by atoms with E-state index >= 15 is 0 Å². The number of fused-ring (bicyclic) bond motifs is 1. The molecular weight excluding hydrogens is 329 g/mol. The molecule has 1 saturated heterocycles. The Morgan fingerprint density at radius 3 is 2.67 bits per heavy atom. The molecule has 4 nitrogen and oxygen atoms in total. The van der Waals surface area contributed by atoms with Gasteiger partial charge in [-0.2, -0.15) is 4.98 Å². The molecule has 3 aromatic rings. The van der Waals surface area contributed by atoms with Crippen LogP contribution in [0.1, 0.15) is 6.42 Å². The van der Waals surface area contributed by atoms with Gasteiger partial charge in [0.05, 0.1) is 17.7 Å². The van der Waals surface area contributed by atoms with E-state index in [4.69, 9.17) is 11.6 Å². The van der Waals surface area contributed by atoms with Gasteiger partial charge < -0.3 is 4.90 Å². The van der Waals surface area contributed by atoms with Gasteiger partial charge in [0.25, 0.3) is 0 Å². The third-order valence-electron chi connectivity index (χ3n) is 4.28. The lowest BCUT2D eigenvalue weighted by molar-refractivity contribution is 0.364. The zero-order valence-corrected chi connectivity index (χ0v) is 13.6. The van der Waals surface area contributed by atoms with E-state index in [1.54, 1.807) is 12.1 Å². The highest BCUT2D eigenvalue weighted by Crippen LogP contribution is 2.29. The molecule has 4 rings (SSSR count). The van der Waals surface area contributed by atoms with Crippen molar-refractivity contribution in [2.75, 3.05) is 18.0 Å². The molecule has 2 aromatic carbocycles. The minimum atomic E-state index is -0.884. The predicted octanol–water partition coefficient (Wildman–Crippen LogP) is 3.59. The maximum Gasteiger partial charge on any atom is 0.354 e. The molecule has 0 amide bonds. The molecule has 1 aromatic heterocycles. The van der Waals surface area contributed by atoms with Crippen LogP contribution in [0.5, 0.6) is 0 Å². The third-order valence-corrected chi connectivity index (χ3v) is 4.51. The van der Waals surface area contributed by atoms with Gasteiger partial charge in [-0.1, -0.05) is 29.8 Å². The fraction of sp³-hybridized carbons (Fsp3) is 0.222. The van der Waals surface area contributed by atoms with E-state index in [9.17, 15) is 9.18 Å². The molecule has 122 valence electrons. The first-order valence-corrected chi connectivity index (χ1v) is 8.18. The van der Waals surface area contributed by atoms with Gasteiger partial charge in [-0.3, -0.25) is 4.57 Å². The van der Waals surface area contributed by atoms with Crippen LogP contribution in [-0.2, 0) is 0 Å². The van der Waals surface area contributed by atoms with Crippen LogP contribution in [0.3, 0.4) is 0 Å². The first kappa shape index (κ1) is 15.1. The van der Waals surface area contributed by atoms with Gasteiger partial charge in [0.1, 0.15) is 12.0 Å². The molecule has 0 N–H and O–H groups in total. The lowest BCUT2D eigenvalue weighted by Crippen LogP contribution is -2.28. The van der Waals surface area contributed by atoms with Gasteiger partial charge in [0.15, 0.2) is 0 Å².